The minimum absolute atomic E-state index is 0.0664. The van der Waals surface area contributed by atoms with Crippen LogP contribution in [0.5, 0.6) is 0 Å². The highest BCUT2D eigenvalue weighted by atomic mass is 16.3. The van der Waals surface area contributed by atoms with Gasteiger partial charge in [0.25, 0.3) is 0 Å². The van der Waals surface area contributed by atoms with Crippen LogP contribution in [0.3, 0.4) is 0 Å². The molecule has 0 saturated heterocycles. The van der Waals surface area contributed by atoms with Gasteiger partial charge in [0, 0.05) is 0 Å². The molecule has 0 heterocycles. The van der Waals surface area contributed by atoms with E-state index < -0.39 is 11.6 Å². The lowest BCUT2D eigenvalue weighted by molar-refractivity contribution is -0.126. The van der Waals surface area contributed by atoms with E-state index in [0.29, 0.717) is 5.56 Å². The zero-order valence-electron chi connectivity index (χ0n) is 9.97. The Morgan fingerprint density at radius 2 is 2.12 bits per heavy atom. The van der Waals surface area contributed by atoms with Gasteiger partial charge in [-0.25, -0.2) is 0 Å². The molecule has 4 nitrogen and oxygen atoms in total. The molecule has 0 bridgehead atoms. The predicted molar refractivity (Wildman–Crippen MR) is 63.8 cm³/mol. The van der Waals surface area contributed by atoms with Crippen LogP contribution in [0.25, 0.3) is 0 Å². The second kappa shape index (κ2) is 5.46. The molecule has 0 spiro atoms. The Morgan fingerprint density at radius 3 is 2.65 bits per heavy atom. The van der Waals surface area contributed by atoms with E-state index in [1.807, 2.05) is 12.1 Å². The Morgan fingerprint density at radius 1 is 1.53 bits per heavy atom. The van der Waals surface area contributed by atoms with Crippen molar-refractivity contribution in [3.05, 3.63) is 35.9 Å². The molecule has 17 heavy (non-hydrogen) atoms. The molecule has 0 aromatic heterocycles. The van der Waals surface area contributed by atoms with Gasteiger partial charge in [0.2, 0.25) is 5.91 Å². The largest absolute Gasteiger partial charge is 0.385 e. The summed E-state index contributed by atoms with van der Waals surface area (Å²) in [6.45, 7) is 3.17. The highest BCUT2D eigenvalue weighted by Crippen LogP contribution is 2.23. The van der Waals surface area contributed by atoms with E-state index in [2.05, 4.69) is 5.32 Å². The fourth-order valence-electron chi connectivity index (χ4n) is 1.54. The van der Waals surface area contributed by atoms with Gasteiger partial charge in [-0.3, -0.25) is 4.79 Å². The van der Waals surface area contributed by atoms with E-state index in [1.165, 1.54) is 0 Å². The number of carbonyl (C=O) groups excluding carboxylic acids is 1. The van der Waals surface area contributed by atoms with Crippen molar-refractivity contribution in [1.29, 1.82) is 5.26 Å². The first-order chi connectivity index (χ1) is 7.95. The van der Waals surface area contributed by atoms with E-state index in [4.69, 9.17) is 5.26 Å². The van der Waals surface area contributed by atoms with Crippen molar-refractivity contribution in [3.63, 3.8) is 0 Å². The molecule has 0 aliphatic carbocycles. The van der Waals surface area contributed by atoms with Crippen LogP contribution in [0.15, 0.2) is 30.3 Å². The number of aliphatic hydroxyl groups is 1. The van der Waals surface area contributed by atoms with Crippen molar-refractivity contribution >= 4 is 5.91 Å². The van der Waals surface area contributed by atoms with Gasteiger partial charge >= 0.3 is 0 Å². The summed E-state index contributed by atoms with van der Waals surface area (Å²) >= 11 is 0. The fraction of sp³-hybridized carbons (Fsp3) is 0.385. The van der Waals surface area contributed by atoms with Crippen molar-refractivity contribution in [3.8, 4) is 6.07 Å². The van der Waals surface area contributed by atoms with Crippen LogP contribution in [0.4, 0.5) is 0 Å². The maximum absolute atomic E-state index is 11.6. The van der Waals surface area contributed by atoms with E-state index in [0.717, 1.165) is 0 Å². The average molecular weight is 232 g/mol. The molecule has 1 aromatic rings. The number of carbonyl (C=O) groups is 1. The van der Waals surface area contributed by atoms with Gasteiger partial charge in [-0.05, 0) is 19.4 Å². The Hall–Kier alpha value is -1.86. The fourth-order valence-corrected chi connectivity index (χ4v) is 1.54. The smallest absolute Gasteiger partial charge is 0.224 e. The van der Waals surface area contributed by atoms with Crippen molar-refractivity contribution in [2.24, 2.45) is 0 Å². The Kier molecular flexibility index (Phi) is 4.24. The lowest BCUT2D eigenvalue weighted by atomic mass is 9.92. The number of nitriles is 1. The first-order valence-corrected chi connectivity index (χ1v) is 5.42. The van der Waals surface area contributed by atoms with Gasteiger partial charge in [0.1, 0.15) is 6.04 Å². The van der Waals surface area contributed by atoms with E-state index in [-0.39, 0.29) is 12.3 Å². The summed E-state index contributed by atoms with van der Waals surface area (Å²) in [5.41, 5.74) is -0.541. The summed E-state index contributed by atoms with van der Waals surface area (Å²) in [6, 6.07) is 10.3. The van der Waals surface area contributed by atoms with E-state index in [9.17, 15) is 9.90 Å². The second-order valence-electron chi connectivity index (χ2n) is 4.23. The van der Waals surface area contributed by atoms with Crippen LogP contribution in [0.1, 0.15) is 25.8 Å². The highest BCUT2D eigenvalue weighted by molar-refractivity contribution is 5.77. The Labute approximate surface area is 101 Å². The summed E-state index contributed by atoms with van der Waals surface area (Å²) in [7, 11) is 0. The van der Waals surface area contributed by atoms with Gasteiger partial charge in [-0.1, -0.05) is 30.3 Å². The predicted octanol–water partition coefficient (Wildman–Crippen LogP) is 1.31. The molecule has 1 amide bonds. The summed E-state index contributed by atoms with van der Waals surface area (Å²) < 4.78 is 0. The van der Waals surface area contributed by atoms with Gasteiger partial charge in [0.05, 0.1) is 18.1 Å². The molecule has 1 rings (SSSR count). The SMILES string of the molecule is CC(C#N)NC(=O)CC(C)(O)c1ccccc1. The van der Waals surface area contributed by atoms with Gasteiger partial charge < -0.3 is 10.4 Å². The number of nitrogens with one attached hydrogen (secondary N) is 1. The molecule has 1 aromatic carbocycles. The van der Waals surface area contributed by atoms with Crippen molar-refractivity contribution in [2.45, 2.75) is 31.9 Å². The monoisotopic (exact) mass is 232 g/mol. The van der Waals surface area contributed by atoms with Crippen LogP contribution in [-0.2, 0) is 10.4 Å². The van der Waals surface area contributed by atoms with Crippen molar-refractivity contribution in [2.75, 3.05) is 0 Å². The normalized spacial score (nSPS) is 15.4. The molecular formula is C13H16N2O2. The van der Waals surface area contributed by atoms with E-state index >= 15 is 0 Å². The van der Waals surface area contributed by atoms with Crippen LogP contribution in [-0.4, -0.2) is 17.1 Å². The molecule has 2 N–H and O–H groups in total. The zero-order valence-corrected chi connectivity index (χ0v) is 9.97. The minimum Gasteiger partial charge on any atom is -0.385 e. The maximum atomic E-state index is 11.6. The number of rotatable bonds is 4. The van der Waals surface area contributed by atoms with Crippen molar-refractivity contribution in [1.82, 2.24) is 5.32 Å². The average Bonchev–Trinajstić information content (AvgIpc) is 2.29. The number of amides is 1. The third kappa shape index (κ3) is 3.89. The molecule has 0 aliphatic heterocycles. The molecule has 0 aliphatic rings. The molecule has 90 valence electrons. The molecule has 0 radical (unpaired) electrons. The summed E-state index contributed by atoms with van der Waals surface area (Å²) in [5, 5.41) is 21.3. The third-order valence-electron chi connectivity index (χ3n) is 2.47. The Bertz CT molecular complexity index is 421. The lowest BCUT2D eigenvalue weighted by Crippen LogP contribution is -2.36. The molecule has 2 atom stereocenters. The topological polar surface area (TPSA) is 73.1 Å². The number of nitrogens with zero attached hydrogens (tertiary/aromatic N) is 1. The van der Waals surface area contributed by atoms with Crippen molar-refractivity contribution < 1.29 is 9.90 Å². The third-order valence-corrected chi connectivity index (χ3v) is 2.47. The highest BCUT2D eigenvalue weighted by Gasteiger charge is 2.26. The number of hydrogen-bond acceptors (Lipinski definition) is 3. The van der Waals surface area contributed by atoms with E-state index in [1.54, 1.807) is 38.1 Å². The molecule has 2 unspecified atom stereocenters. The van der Waals surface area contributed by atoms with Gasteiger partial charge in [0.15, 0.2) is 0 Å². The summed E-state index contributed by atoms with van der Waals surface area (Å²) in [4.78, 5) is 11.6. The first kappa shape index (κ1) is 13.2. The zero-order chi connectivity index (χ0) is 12.9. The Balaban J connectivity index is 2.68. The molecular weight excluding hydrogens is 216 g/mol. The maximum Gasteiger partial charge on any atom is 0.224 e. The van der Waals surface area contributed by atoms with Crippen LogP contribution < -0.4 is 5.32 Å². The molecule has 0 saturated carbocycles. The van der Waals surface area contributed by atoms with Gasteiger partial charge in [-0.15, -0.1) is 0 Å². The molecule has 0 fully saturated rings. The standard InChI is InChI=1S/C13H16N2O2/c1-10(9-14)15-12(16)8-13(2,17)11-6-4-3-5-7-11/h3-7,10,17H,8H2,1-2H3,(H,15,16). The lowest BCUT2D eigenvalue weighted by Gasteiger charge is -2.23. The first-order valence-electron chi connectivity index (χ1n) is 5.42. The summed E-state index contributed by atoms with van der Waals surface area (Å²) in [5.74, 6) is -0.340. The second-order valence-corrected chi connectivity index (χ2v) is 4.23. The van der Waals surface area contributed by atoms with Gasteiger partial charge in [-0.2, -0.15) is 5.26 Å². The number of benzene rings is 1. The van der Waals surface area contributed by atoms with Crippen LogP contribution in [0.2, 0.25) is 0 Å². The summed E-state index contributed by atoms with van der Waals surface area (Å²) in [6.07, 6.45) is -0.0664. The molecule has 4 heteroatoms. The minimum atomic E-state index is -1.22. The van der Waals surface area contributed by atoms with Crippen LogP contribution >= 0.6 is 0 Å². The number of hydrogen-bond donors (Lipinski definition) is 2. The van der Waals surface area contributed by atoms with Crippen LogP contribution in [0, 0.1) is 11.3 Å². The quantitative estimate of drug-likeness (QED) is 0.822.